The highest BCUT2D eigenvalue weighted by molar-refractivity contribution is 5.33. The van der Waals surface area contributed by atoms with Crippen molar-refractivity contribution in [3.05, 3.63) is 70.8 Å². The molecular weight excluding hydrogens is 347 g/mol. The van der Waals surface area contributed by atoms with Crippen molar-refractivity contribution in [3.8, 4) is 0 Å². The molecule has 4 unspecified atom stereocenters. The summed E-state index contributed by atoms with van der Waals surface area (Å²) in [7, 11) is 0. The van der Waals surface area contributed by atoms with E-state index in [9.17, 15) is 19.7 Å². The number of hydrogen-bond acceptors (Lipinski definition) is 4. The van der Waals surface area contributed by atoms with Gasteiger partial charge >= 0.3 is 0 Å². The Bertz CT molecular complexity index is 748. The van der Waals surface area contributed by atoms with E-state index in [2.05, 4.69) is 31.2 Å². The first kappa shape index (κ1) is 20.0. The van der Waals surface area contributed by atoms with E-state index >= 15 is 0 Å². The van der Waals surface area contributed by atoms with Gasteiger partial charge in [0.2, 0.25) is 0 Å². The highest BCUT2D eigenvalue weighted by Crippen LogP contribution is 2.38. The van der Waals surface area contributed by atoms with Crippen molar-refractivity contribution < 1.29 is 24.4 Å². The van der Waals surface area contributed by atoms with Crippen molar-refractivity contribution >= 4 is 0 Å². The Hall–Kier alpha value is -1.79. The van der Waals surface area contributed by atoms with Crippen molar-refractivity contribution in [2.75, 3.05) is 13.3 Å². The highest BCUT2D eigenvalue weighted by atomic mass is 19.1. The molecule has 4 atom stereocenters. The van der Waals surface area contributed by atoms with E-state index in [1.807, 2.05) is 18.2 Å². The first-order chi connectivity index (χ1) is 13.0. The molecular formula is C22H27FO4. The van der Waals surface area contributed by atoms with E-state index in [1.54, 1.807) is 6.07 Å². The summed E-state index contributed by atoms with van der Waals surface area (Å²) in [4.78, 5) is 0. The molecule has 5 heteroatoms. The molecule has 0 saturated carbocycles. The smallest absolute Gasteiger partial charge is 0.124 e. The molecule has 0 radical (unpaired) electrons. The molecule has 1 aliphatic heterocycles. The second-order valence-electron chi connectivity index (χ2n) is 7.34. The van der Waals surface area contributed by atoms with Crippen molar-refractivity contribution in [2.24, 2.45) is 0 Å². The predicted octanol–water partition coefficient (Wildman–Crippen LogP) is 2.72. The van der Waals surface area contributed by atoms with Crippen molar-refractivity contribution in [3.63, 3.8) is 0 Å². The summed E-state index contributed by atoms with van der Waals surface area (Å²) in [5.41, 5.74) is 2.23. The lowest BCUT2D eigenvalue weighted by molar-refractivity contribution is -0.229. The molecule has 27 heavy (non-hydrogen) atoms. The van der Waals surface area contributed by atoms with E-state index in [0.717, 1.165) is 18.4 Å². The van der Waals surface area contributed by atoms with E-state index in [-0.39, 0.29) is 13.0 Å². The molecule has 1 fully saturated rings. The van der Waals surface area contributed by atoms with Crippen molar-refractivity contribution in [1.82, 2.24) is 0 Å². The molecule has 0 aliphatic carbocycles. The fourth-order valence-corrected chi connectivity index (χ4v) is 3.64. The van der Waals surface area contributed by atoms with Gasteiger partial charge in [-0.1, -0.05) is 55.5 Å². The summed E-state index contributed by atoms with van der Waals surface area (Å²) < 4.78 is 19.1. The Morgan fingerprint density at radius 3 is 2.44 bits per heavy atom. The van der Waals surface area contributed by atoms with Crippen molar-refractivity contribution in [1.29, 1.82) is 0 Å². The van der Waals surface area contributed by atoms with Crippen LogP contribution in [0.4, 0.5) is 4.39 Å². The lowest BCUT2D eigenvalue weighted by Gasteiger charge is -2.43. The van der Waals surface area contributed by atoms with Gasteiger partial charge in [-0.25, -0.2) is 4.39 Å². The Morgan fingerprint density at radius 2 is 1.81 bits per heavy atom. The highest BCUT2D eigenvalue weighted by Gasteiger charge is 2.48. The van der Waals surface area contributed by atoms with Crippen LogP contribution in [-0.2, 0) is 17.6 Å². The Kier molecular flexibility index (Phi) is 6.27. The van der Waals surface area contributed by atoms with E-state index < -0.39 is 30.6 Å². The third-order valence-corrected chi connectivity index (χ3v) is 5.31. The average Bonchev–Trinajstić information content (AvgIpc) is 2.70. The Labute approximate surface area is 159 Å². The number of hydrogen-bond donors (Lipinski definition) is 3. The van der Waals surface area contributed by atoms with Crippen LogP contribution in [0.5, 0.6) is 0 Å². The predicted molar refractivity (Wildman–Crippen MR) is 101 cm³/mol. The number of halogens is 1. The summed E-state index contributed by atoms with van der Waals surface area (Å²) in [5.74, 6) is 0. The number of alkyl halides is 1. The fourth-order valence-electron chi connectivity index (χ4n) is 3.64. The number of aryl methyl sites for hydroxylation is 1. The number of rotatable bonds is 6. The normalized spacial score (nSPS) is 28.3. The van der Waals surface area contributed by atoms with Crippen LogP contribution in [-0.4, -0.2) is 46.4 Å². The zero-order valence-corrected chi connectivity index (χ0v) is 15.5. The minimum absolute atomic E-state index is 0.138. The lowest BCUT2D eigenvalue weighted by Crippen LogP contribution is -2.56. The second-order valence-corrected chi connectivity index (χ2v) is 7.34. The zero-order chi connectivity index (χ0) is 19.4. The quantitative estimate of drug-likeness (QED) is 0.727. The average molecular weight is 374 g/mol. The van der Waals surface area contributed by atoms with Gasteiger partial charge < -0.3 is 20.1 Å². The summed E-state index contributed by atoms with van der Waals surface area (Å²) in [6, 6.07) is 16.0. The van der Waals surface area contributed by atoms with Gasteiger partial charge in [-0.05, 0) is 35.1 Å². The molecule has 0 amide bonds. The van der Waals surface area contributed by atoms with Gasteiger partial charge in [0.1, 0.15) is 24.5 Å². The second kappa shape index (κ2) is 8.48. The van der Waals surface area contributed by atoms with Crippen LogP contribution in [0.1, 0.15) is 41.7 Å². The first-order valence-electron chi connectivity index (χ1n) is 9.38. The topological polar surface area (TPSA) is 69.9 Å². The standard InChI is InChI=1S/C22H27FO4/c1-2-15-6-8-16(9-7-15)10-17-4-3-5-18(11-17)20-21(25)22(26,14-23)12-19(13-24)27-20/h3-9,11,19-21,24-26H,2,10,12-14H2,1H3. The third kappa shape index (κ3) is 4.38. The molecule has 1 saturated heterocycles. The van der Waals surface area contributed by atoms with E-state index in [4.69, 9.17) is 4.74 Å². The van der Waals surface area contributed by atoms with Crippen LogP contribution in [0.15, 0.2) is 48.5 Å². The SMILES string of the molecule is CCc1ccc(Cc2cccc(C3OC(CO)CC(O)(CF)C3O)c2)cc1. The lowest BCUT2D eigenvalue weighted by atomic mass is 9.82. The van der Waals surface area contributed by atoms with Crippen LogP contribution in [0.25, 0.3) is 0 Å². The summed E-state index contributed by atoms with van der Waals surface area (Å²) in [5, 5.41) is 30.3. The van der Waals surface area contributed by atoms with Gasteiger partial charge in [0.25, 0.3) is 0 Å². The monoisotopic (exact) mass is 374 g/mol. The van der Waals surface area contributed by atoms with Gasteiger partial charge in [0, 0.05) is 6.42 Å². The molecule has 3 N–H and O–H groups in total. The molecule has 1 aliphatic rings. The van der Waals surface area contributed by atoms with Gasteiger partial charge in [-0.15, -0.1) is 0 Å². The van der Waals surface area contributed by atoms with Crippen LogP contribution in [0.3, 0.4) is 0 Å². The largest absolute Gasteiger partial charge is 0.394 e. The molecule has 2 aromatic carbocycles. The number of aliphatic hydroxyl groups is 3. The van der Waals surface area contributed by atoms with Crippen LogP contribution < -0.4 is 0 Å². The number of benzene rings is 2. The zero-order valence-electron chi connectivity index (χ0n) is 15.5. The number of aliphatic hydroxyl groups excluding tert-OH is 2. The minimum Gasteiger partial charge on any atom is -0.394 e. The number of ether oxygens (including phenoxy) is 1. The van der Waals surface area contributed by atoms with Gasteiger partial charge in [-0.3, -0.25) is 0 Å². The Morgan fingerprint density at radius 1 is 1.11 bits per heavy atom. The van der Waals surface area contributed by atoms with Crippen LogP contribution in [0.2, 0.25) is 0 Å². The molecule has 1 heterocycles. The Balaban J connectivity index is 1.82. The maximum atomic E-state index is 13.4. The summed E-state index contributed by atoms with van der Waals surface area (Å²) in [6.07, 6.45) is -1.43. The minimum atomic E-state index is -1.91. The maximum Gasteiger partial charge on any atom is 0.124 e. The summed E-state index contributed by atoms with van der Waals surface area (Å²) >= 11 is 0. The molecule has 0 spiro atoms. The molecule has 0 aromatic heterocycles. The maximum absolute atomic E-state index is 13.4. The van der Waals surface area contributed by atoms with Gasteiger partial charge in [0.05, 0.1) is 12.7 Å². The van der Waals surface area contributed by atoms with Crippen LogP contribution >= 0.6 is 0 Å². The molecule has 3 rings (SSSR count). The van der Waals surface area contributed by atoms with Crippen molar-refractivity contribution in [2.45, 2.75) is 50.1 Å². The van der Waals surface area contributed by atoms with E-state index in [0.29, 0.717) is 5.56 Å². The van der Waals surface area contributed by atoms with E-state index in [1.165, 1.54) is 11.1 Å². The molecule has 2 aromatic rings. The fraction of sp³-hybridized carbons (Fsp3) is 0.455. The molecule has 4 nitrogen and oxygen atoms in total. The van der Waals surface area contributed by atoms with Gasteiger partial charge in [0.15, 0.2) is 0 Å². The van der Waals surface area contributed by atoms with Gasteiger partial charge in [-0.2, -0.15) is 0 Å². The summed E-state index contributed by atoms with van der Waals surface area (Å²) in [6.45, 7) is 0.690. The molecule has 146 valence electrons. The van der Waals surface area contributed by atoms with Crippen LogP contribution in [0, 0.1) is 0 Å². The first-order valence-corrected chi connectivity index (χ1v) is 9.38. The molecule has 0 bridgehead atoms. The third-order valence-electron chi connectivity index (χ3n) is 5.31.